The van der Waals surface area contributed by atoms with Gasteiger partial charge < -0.3 is 0 Å². The summed E-state index contributed by atoms with van der Waals surface area (Å²) in [7, 11) is -3.33. The third-order valence-corrected chi connectivity index (χ3v) is 4.77. The molecular formula is C14H12Cl2O2S. The summed E-state index contributed by atoms with van der Waals surface area (Å²) in [6.07, 6.45) is 1.20. The molecule has 100 valence electrons. The molecule has 1 atom stereocenters. The highest BCUT2D eigenvalue weighted by molar-refractivity contribution is 7.91. The first-order chi connectivity index (χ1) is 8.89. The Hall–Kier alpha value is -1.03. The fourth-order valence-corrected chi connectivity index (χ4v) is 3.74. The van der Waals surface area contributed by atoms with E-state index in [9.17, 15) is 8.42 Å². The maximum atomic E-state index is 12.1. The molecule has 0 radical (unpaired) electrons. The van der Waals surface area contributed by atoms with E-state index in [0.717, 1.165) is 0 Å². The van der Waals surface area contributed by atoms with E-state index in [4.69, 9.17) is 23.2 Å². The Morgan fingerprint density at radius 2 is 1.53 bits per heavy atom. The molecule has 0 amide bonds. The topological polar surface area (TPSA) is 34.1 Å². The number of hydrogen-bond donors (Lipinski definition) is 0. The number of benzene rings is 2. The zero-order valence-corrected chi connectivity index (χ0v) is 12.5. The fourth-order valence-electron chi connectivity index (χ4n) is 1.98. The molecule has 2 rings (SSSR count). The minimum Gasteiger partial charge on any atom is -0.228 e. The van der Waals surface area contributed by atoms with E-state index < -0.39 is 15.1 Å². The number of rotatable bonds is 3. The fraction of sp³-hybridized carbons (Fsp3) is 0.143. The van der Waals surface area contributed by atoms with E-state index in [1.165, 1.54) is 6.26 Å². The summed E-state index contributed by atoms with van der Waals surface area (Å²) >= 11 is 11.9. The number of sulfone groups is 1. The SMILES string of the molecule is CS(=O)(=O)C(c1ccc(Cl)cc1)c1ccccc1Cl. The first-order valence-corrected chi connectivity index (χ1v) is 8.29. The second-order valence-corrected chi connectivity index (χ2v) is 7.26. The van der Waals surface area contributed by atoms with E-state index in [1.54, 1.807) is 48.5 Å². The molecule has 0 bridgehead atoms. The van der Waals surface area contributed by atoms with Crippen LogP contribution in [0.15, 0.2) is 48.5 Å². The molecule has 0 saturated heterocycles. The van der Waals surface area contributed by atoms with Gasteiger partial charge in [0, 0.05) is 16.3 Å². The average Bonchev–Trinajstić information content (AvgIpc) is 2.33. The zero-order valence-electron chi connectivity index (χ0n) is 10.2. The monoisotopic (exact) mass is 314 g/mol. The second kappa shape index (κ2) is 5.53. The molecule has 0 aliphatic carbocycles. The van der Waals surface area contributed by atoms with Crippen LogP contribution in [0.1, 0.15) is 16.4 Å². The standard InChI is InChI=1S/C14H12Cl2O2S/c1-19(17,18)14(10-6-8-11(15)9-7-10)12-4-2-3-5-13(12)16/h2-9,14H,1H3. The van der Waals surface area contributed by atoms with Crippen molar-refractivity contribution >= 4 is 33.0 Å². The molecule has 19 heavy (non-hydrogen) atoms. The highest BCUT2D eigenvalue weighted by Gasteiger charge is 2.26. The summed E-state index contributed by atoms with van der Waals surface area (Å²) in [6, 6.07) is 13.7. The van der Waals surface area contributed by atoms with E-state index in [-0.39, 0.29) is 0 Å². The van der Waals surface area contributed by atoms with Crippen molar-refractivity contribution in [1.82, 2.24) is 0 Å². The molecule has 2 aromatic carbocycles. The highest BCUT2D eigenvalue weighted by Crippen LogP contribution is 2.34. The van der Waals surface area contributed by atoms with Crippen molar-refractivity contribution in [3.05, 3.63) is 69.7 Å². The lowest BCUT2D eigenvalue weighted by Crippen LogP contribution is -2.13. The minimum absolute atomic E-state index is 0.438. The Balaban J connectivity index is 2.62. The van der Waals surface area contributed by atoms with E-state index >= 15 is 0 Å². The van der Waals surface area contributed by atoms with Crippen LogP contribution in [0.4, 0.5) is 0 Å². The molecule has 0 aliphatic heterocycles. The van der Waals surface area contributed by atoms with Crippen molar-refractivity contribution < 1.29 is 8.42 Å². The predicted octanol–water partition coefficient (Wildman–Crippen LogP) is 4.13. The van der Waals surface area contributed by atoms with Gasteiger partial charge in [-0.05, 0) is 29.3 Å². The summed E-state index contributed by atoms with van der Waals surface area (Å²) in [6.45, 7) is 0. The molecular weight excluding hydrogens is 303 g/mol. The normalized spacial score (nSPS) is 13.2. The van der Waals surface area contributed by atoms with Crippen LogP contribution in [-0.4, -0.2) is 14.7 Å². The molecule has 0 fully saturated rings. The van der Waals surface area contributed by atoms with Crippen LogP contribution in [0.3, 0.4) is 0 Å². The summed E-state index contributed by atoms with van der Waals surface area (Å²) in [5, 5.41) is 0.224. The van der Waals surface area contributed by atoms with Crippen molar-refractivity contribution in [3.8, 4) is 0 Å². The molecule has 5 heteroatoms. The van der Waals surface area contributed by atoms with Gasteiger partial charge in [0.05, 0.1) is 0 Å². The summed E-state index contributed by atoms with van der Waals surface area (Å²) in [5.74, 6) is 0. The smallest absolute Gasteiger partial charge is 0.158 e. The van der Waals surface area contributed by atoms with Crippen LogP contribution in [0.5, 0.6) is 0 Å². The molecule has 0 aliphatic rings. The third-order valence-electron chi connectivity index (χ3n) is 2.79. The third kappa shape index (κ3) is 3.30. The quantitative estimate of drug-likeness (QED) is 0.853. The van der Waals surface area contributed by atoms with Gasteiger partial charge in [-0.25, -0.2) is 8.42 Å². The Labute approximate surface area is 122 Å². The zero-order chi connectivity index (χ0) is 14.0. The van der Waals surface area contributed by atoms with Gasteiger partial charge >= 0.3 is 0 Å². The Kier molecular flexibility index (Phi) is 4.19. The maximum Gasteiger partial charge on any atom is 0.158 e. The van der Waals surface area contributed by atoms with E-state index in [2.05, 4.69) is 0 Å². The van der Waals surface area contributed by atoms with E-state index in [0.29, 0.717) is 21.2 Å². The van der Waals surface area contributed by atoms with Gasteiger partial charge in [-0.1, -0.05) is 53.5 Å². The van der Waals surface area contributed by atoms with E-state index in [1.807, 2.05) is 0 Å². The molecule has 2 aromatic rings. The van der Waals surface area contributed by atoms with Gasteiger partial charge in [-0.2, -0.15) is 0 Å². The van der Waals surface area contributed by atoms with Crippen LogP contribution < -0.4 is 0 Å². The van der Waals surface area contributed by atoms with Crippen molar-refractivity contribution in [2.45, 2.75) is 5.25 Å². The minimum atomic E-state index is -3.33. The van der Waals surface area contributed by atoms with Crippen LogP contribution >= 0.6 is 23.2 Å². The number of hydrogen-bond acceptors (Lipinski definition) is 2. The van der Waals surface area contributed by atoms with Crippen LogP contribution in [0.2, 0.25) is 10.0 Å². The predicted molar refractivity (Wildman–Crippen MR) is 79.6 cm³/mol. The molecule has 0 spiro atoms. The van der Waals surface area contributed by atoms with Gasteiger partial charge in [0.15, 0.2) is 9.84 Å². The van der Waals surface area contributed by atoms with Gasteiger partial charge in [-0.15, -0.1) is 0 Å². The molecule has 0 saturated carbocycles. The van der Waals surface area contributed by atoms with Crippen molar-refractivity contribution in [2.75, 3.05) is 6.26 Å². The lowest BCUT2D eigenvalue weighted by atomic mass is 10.0. The molecule has 0 N–H and O–H groups in total. The Morgan fingerprint density at radius 1 is 0.947 bits per heavy atom. The van der Waals surface area contributed by atoms with Crippen molar-refractivity contribution in [3.63, 3.8) is 0 Å². The van der Waals surface area contributed by atoms with Crippen LogP contribution in [0.25, 0.3) is 0 Å². The Morgan fingerprint density at radius 3 is 2.05 bits per heavy atom. The van der Waals surface area contributed by atoms with Crippen LogP contribution in [0, 0.1) is 0 Å². The van der Waals surface area contributed by atoms with Gasteiger partial charge in [0.2, 0.25) is 0 Å². The number of halogens is 2. The lowest BCUT2D eigenvalue weighted by Gasteiger charge is -2.17. The van der Waals surface area contributed by atoms with Crippen molar-refractivity contribution in [1.29, 1.82) is 0 Å². The molecule has 2 nitrogen and oxygen atoms in total. The molecule has 1 unspecified atom stereocenters. The van der Waals surface area contributed by atoms with Gasteiger partial charge in [-0.3, -0.25) is 0 Å². The molecule has 0 heterocycles. The second-order valence-electron chi connectivity index (χ2n) is 4.28. The first kappa shape index (κ1) is 14.4. The van der Waals surface area contributed by atoms with Gasteiger partial charge in [0.25, 0.3) is 0 Å². The lowest BCUT2D eigenvalue weighted by molar-refractivity contribution is 0.595. The summed E-state index contributed by atoms with van der Waals surface area (Å²) in [5.41, 5.74) is 1.23. The largest absolute Gasteiger partial charge is 0.228 e. The van der Waals surface area contributed by atoms with Crippen molar-refractivity contribution in [2.24, 2.45) is 0 Å². The maximum absolute atomic E-state index is 12.1. The highest BCUT2D eigenvalue weighted by atomic mass is 35.5. The Bertz CT molecular complexity index is 679. The summed E-state index contributed by atoms with van der Waals surface area (Å²) in [4.78, 5) is 0. The van der Waals surface area contributed by atoms with Gasteiger partial charge in [0.1, 0.15) is 5.25 Å². The molecule has 0 aromatic heterocycles. The average molecular weight is 315 g/mol. The summed E-state index contributed by atoms with van der Waals surface area (Å²) < 4.78 is 24.2. The first-order valence-electron chi connectivity index (χ1n) is 5.58. The van der Waals surface area contributed by atoms with Crippen LogP contribution in [-0.2, 0) is 9.84 Å².